The summed E-state index contributed by atoms with van der Waals surface area (Å²) in [5, 5.41) is 6.00. The van der Waals surface area contributed by atoms with Crippen LogP contribution < -0.4 is 24.8 Å². The van der Waals surface area contributed by atoms with Crippen molar-refractivity contribution in [1.82, 2.24) is 15.4 Å². The van der Waals surface area contributed by atoms with Crippen molar-refractivity contribution in [3.63, 3.8) is 0 Å². The SMILES string of the molecule is O=C(NCCOc1cc2cc(S(=O)(=O)NCP(=O)(O)O)sc2cc1OCCNC(=O)c1ccccc1)c1ccccc1. The van der Waals surface area contributed by atoms with Gasteiger partial charge in [0.25, 0.3) is 21.8 Å². The van der Waals surface area contributed by atoms with Crippen LogP contribution in [-0.4, -0.2) is 62.6 Å². The van der Waals surface area contributed by atoms with E-state index in [0.717, 1.165) is 11.3 Å². The number of fused-ring (bicyclic) bond motifs is 1. The van der Waals surface area contributed by atoms with E-state index in [1.165, 1.54) is 6.07 Å². The topological polar surface area (TPSA) is 180 Å². The van der Waals surface area contributed by atoms with Crippen LogP contribution in [0.4, 0.5) is 0 Å². The number of thiophene rings is 1. The molecular formula is C27H28N3O9PS2. The van der Waals surface area contributed by atoms with Gasteiger partial charge in [-0.1, -0.05) is 36.4 Å². The molecule has 2 amide bonds. The number of carbonyl (C=O) groups is 2. The number of carbonyl (C=O) groups excluding carboxylic acids is 2. The van der Waals surface area contributed by atoms with Gasteiger partial charge in [-0.05, 0) is 41.8 Å². The highest BCUT2D eigenvalue weighted by Gasteiger charge is 2.23. The van der Waals surface area contributed by atoms with E-state index in [1.807, 2.05) is 4.72 Å². The highest BCUT2D eigenvalue weighted by molar-refractivity contribution is 7.92. The summed E-state index contributed by atoms with van der Waals surface area (Å²) in [6.45, 7) is 0.498. The van der Waals surface area contributed by atoms with Gasteiger partial charge in [0.05, 0.1) is 13.1 Å². The van der Waals surface area contributed by atoms with E-state index in [4.69, 9.17) is 19.3 Å². The van der Waals surface area contributed by atoms with Crippen LogP contribution >= 0.6 is 18.9 Å². The summed E-state index contributed by atoms with van der Waals surface area (Å²) in [5.74, 6) is 0.0163. The van der Waals surface area contributed by atoms with Gasteiger partial charge in [0.1, 0.15) is 23.7 Å². The molecule has 42 heavy (non-hydrogen) atoms. The van der Waals surface area contributed by atoms with E-state index in [1.54, 1.807) is 72.8 Å². The molecule has 222 valence electrons. The van der Waals surface area contributed by atoms with Crippen LogP contribution in [0.15, 0.2) is 83.1 Å². The number of rotatable bonds is 14. The van der Waals surface area contributed by atoms with Gasteiger partial charge < -0.3 is 29.9 Å². The molecule has 0 bridgehead atoms. The third-order valence-corrected chi connectivity index (χ3v) is 9.40. The highest BCUT2D eigenvalue weighted by Crippen LogP contribution is 2.39. The first-order chi connectivity index (χ1) is 20.0. The maximum Gasteiger partial charge on any atom is 0.340 e. The van der Waals surface area contributed by atoms with E-state index >= 15 is 0 Å². The minimum Gasteiger partial charge on any atom is -0.488 e. The number of hydrogen-bond donors (Lipinski definition) is 5. The fraction of sp³-hybridized carbons (Fsp3) is 0.185. The largest absolute Gasteiger partial charge is 0.488 e. The predicted octanol–water partition coefficient (Wildman–Crippen LogP) is 2.93. The van der Waals surface area contributed by atoms with Crippen LogP contribution in [0.25, 0.3) is 10.1 Å². The molecule has 1 aromatic heterocycles. The molecule has 0 spiro atoms. The summed E-state index contributed by atoms with van der Waals surface area (Å²) in [6.07, 6.45) is -1.03. The number of nitrogens with one attached hydrogen (secondary N) is 3. The van der Waals surface area contributed by atoms with E-state index in [2.05, 4.69) is 10.6 Å². The van der Waals surface area contributed by atoms with Crippen molar-refractivity contribution in [2.75, 3.05) is 32.6 Å². The lowest BCUT2D eigenvalue weighted by molar-refractivity contribution is 0.0937. The zero-order chi connectivity index (χ0) is 30.2. The average Bonchev–Trinajstić information content (AvgIpc) is 3.41. The molecule has 0 saturated carbocycles. The lowest BCUT2D eigenvalue weighted by Gasteiger charge is -2.14. The monoisotopic (exact) mass is 633 g/mol. The average molecular weight is 634 g/mol. The Morgan fingerprint density at radius 2 is 1.29 bits per heavy atom. The Kier molecular flexibility index (Phi) is 10.3. The van der Waals surface area contributed by atoms with E-state index in [9.17, 15) is 22.6 Å². The van der Waals surface area contributed by atoms with Gasteiger partial charge >= 0.3 is 7.60 Å². The first-order valence-electron chi connectivity index (χ1n) is 12.6. The van der Waals surface area contributed by atoms with Crippen LogP contribution in [0.5, 0.6) is 11.5 Å². The molecule has 3 aromatic carbocycles. The van der Waals surface area contributed by atoms with Crippen LogP contribution in [0.2, 0.25) is 0 Å². The molecule has 5 N–H and O–H groups in total. The van der Waals surface area contributed by atoms with Crippen LogP contribution in [-0.2, 0) is 14.6 Å². The van der Waals surface area contributed by atoms with Crippen molar-refractivity contribution in [3.05, 3.63) is 90.0 Å². The van der Waals surface area contributed by atoms with E-state index in [0.29, 0.717) is 21.2 Å². The van der Waals surface area contributed by atoms with Crippen LogP contribution in [0.1, 0.15) is 20.7 Å². The zero-order valence-electron chi connectivity index (χ0n) is 22.1. The molecule has 0 atom stereocenters. The van der Waals surface area contributed by atoms with Gasteiger partial charge in [-0.3, -0.25) is 14.2 Å². The fourth-order valence-corrected chi connectivity index (χ4v) is 7.12. The van der Waals surface area contributed by atoms with Gasteiger partial charge in [-0.15, -0.1) is 11.3 Å². The van der Waals surface area contributed by atoms with Crippen molar-refractivity contribution in [3.8, 4) is 11.5 Å². The van der Waals surface area contributed by atoms with Crippen LogP contribution in [0.3, 0.4) is 0 Å². The second-order valence-electron chi connectivity index (χ2n) is 8.81. The molecule has 4 rings (SSSR count). The molecule has 0 saturated heterocycles. The number of amides is 2. The molecule has 1 heterocycles. The summed E-state index contributed by atoms with van der Waals surface area (Å²) in [5.41, 5.74) is 1.00. The van der Waals surface area contributed by atoms with Crippen molar-refractivity contribution in [2.24, 2.45) is 0 Å². The smallest absolute Gasteiger partial charge is 0.340 e. The van der Waals surface area contributed by atoms with Gasteiger partial charge in [0, 0.05) is 21.9 Å². The molecule has 4 aromatic rings. The summed E-state index contributed by atoms with van der Waals surface area (Å²) in [7, 11) is -8.80. The van der Waals surface area contributed by atoms with Gasteiger partial charge in [0.15, 0.2) is 11.5 Å². The van der Waals surface area contributed by atoms with Gasteiger partial charge in [0.2, 0.25) is 0 Å². The lowest BCUT2D eigenvalue weighted by Crippen LogP contribution is -2.28. The second-order valence-corrected chi connectivity index (χ2v) is 13.5. The Bertz CT molecular complexity index is 1600. The number of benzene rings is 3. The Morgan fingerprint density at radius 3 is 1.79 bits per heavy atom. The summed E-state index contributed by atoms with van der Waals surface area (Å²) < 4.78 is 50.4. The molecule has 0 unspecified atom stereocenters. The van der Waals surface area contributed by atoms with Crippen molar-refractivity contribution >= 4 is 50.9 Å². The Hall–Kier alpha value is -3.78. The number of ether oxygens (including phenoxy) is 2. The zero-order valence-corrected chi connectivity index (χ0v) is 24.6. The third-order valence-electron chi connectivity index (χ3n) is 5.65. The molecular weight excluding hydrogens is 605 g/mol. The molecule has 0 aliphatic heterocycles. The standard InChI is InChI=1S/C27H28N3O9PS2/c31-26(19-7-3-1-4-8-19)28-11-13-38-22-15-21-16-25(42(36,37)30-18-40(33,34)35)41-24(21)17-23(22)39-14-12-29-27(32)20-9-5-2-6-10-20/h1-10,15-17,30H,11-14,18H2,(H,28,31)(H,29,32)(H2,33,34,35). The number of hydrogen-bond acceptors (Lipinski definition) is 8. The summed E-state index contributed by atoms with van der Waals surface area (Å²) in [6, 6.07) is 21.9. The van der Waals surface area contributed by atoms with Crippen LogP contribution in [0, 0.1) is 0 Å². The number of sulfonamides is 1. The molecule has 0 aliphatic carbocycles. The maximum atomic E-state index is 12.6. The summed E-state index contributed by atoms with van der Waals surface area (Å²) >= 11 is 0.883. The maximum absolute atomic E-state index is 12.6. The quantitative estimate of drug-likeness (QED) is 0.103. The normalized spacial score (nSPS) is 11.7. The highest BCUT2D eigenvalue weighted by atomic mass is 32.2. The minimum absolute atomic E-state index is 0.0737. The predicted molar refractivity (Wildman–Crippen MR) is 158 cm³/mol. The van der Waals surface area contributed by atoms with Gasteiger partial charge in [-0.2, -0.15) is 4.72 Å². The second kappa shape index (κ2) is 13.9. The molecule has 0 radical (unpaired) electrons. The minimum atomic E-state index is -4.60. The van der Waals surface area contributed by atoms with Crippen molar-refractivity contribution in [1.29, 1.82) is 0 Å². The molecule has 15 heteroatoms. The third kappa shape index (κ3) is 8.86. The molecule has 0 fully saturated rings. The fourth-order valence-electron chi connectivity index (χ4n) is 3.66. The first kappa shape index (κ1) is 31.2. The van der Waals surface area contributed by atoms with Gasteiger partial charge in [-0.25, -0.2) is 8.42 Å². The molecule has 0 aliphatic rings. The van der Waals surface area contributed by atoms with E-state index < -0.39 is 23.9 Å². The molecule has 12 nitrogen and oxygen atoms in total. The Balaban J connectivity index is 1.46. The lowest BCUT2D eigenvalue weighted by atomic mass is 10.2. The first-order valence-corrected chi connectivity index (χ1v) is 16.7. The summed E-state index contributed by atoms with van der Waals surface area (Å²) in [4.78, 5) is 42.7. The Morgan fingerprint density at radius 1 is 0.786 bits per heavy atom. The van der Waals surface area contributed by atoms with E-state index in [-0.39, 0.29) is 53.8 Å². The van der Waals surface area contributed by atoms with Crippen molar-refractivity contribution < 1.29 is 41.8 Å². The Labute approximate surface area is 245 Å². The van der Waals surface area contributed by atoms with Crippen molar-refractivity contribution in [2.45, 2.75) is 4.21 Å².